The number of piperidine rings is 2. The van der Waals surface area contributed by atoms with Crippen LogP contribution in [0.2, 0.25) is 0 Å². The third kappa shape index (κ3) is 7.37. The van der Waals surface area contributed by atoms with Gasteiger partial charge in [0.25, 0.3) is 0 Å². The number of amides is 1. The Morgan fingerprint density at radius 2 is 1.84 bits per heavy atom. The average molecular weight is 450 g/mol. The van der Waals surface area contributed by atoms with Crippen LogP contribution in [0.3, 0.4) is 0 Å². The summed E-state index contributed by atoms with van der Waals surface area (Å²) in [5.41, 5.74) is 1.02. The van der Waals surface area contributed by atoms with E-state index in [1.807, 2.05) is 39.9 Å². The number of hydrogen-bond acceptors (Lipinski definition) is 5. The quantitative estimate of drug-likeness (QED) is 0.416. The van der Waals surface area contributed by atoms with Crippen LogP contribution in [0.4, 0.5) is 0 Å². The van der Waals surface area contributed by atoms with Gasteiger partial charge in [-0.1, -0.05) is 35.0 Å². The standard InChI is InChI=1S/C23H34N2O5P/c1-2-29-23(27)21-9-6-14-24(17-21)22(26)11-10-19-12-15-25(16-13-19)31(28)30-18-20-7-4-3-5-8-20/h3-5,7-8,19,21H,2,6,9-18H2,1H3/q+1/t21-/m1/s1. The average Bonchev–Trinajstić information content (AvgIpc) is 2.82. The van der Waals surface area contributed by atoms with E-state index >= 15 is 0 Å². The molecule has 2 saturated heterocycles. The van der Waals surface area contributed by atoms with E-state index in [0.29, 0.717) is 32.1 Å². The number of nitrogens with zero attached hydrogens (tertiary/aromatic N) is 2. The number of esters is 1. The van der Waals surface area contributed by atoms with Crippen LogP contribution >= 0.6 is 8.18 Å². The first-order chi connectivity index (χ1) is 15.1. The van der Waals surface area contributed by atoms with Crippen molar-refractivity contribution < 1.29 is 23.4 Å². The van der Waals surface area contributed by atoms with E-state index in [9.17, 15) is 14.2 Å². The molecule has 0 saturated carbocycles. The lowest BCUT2D eigenvalue weighted by Gasteiger charge is -2.32. The number of ether oxygens (including phenoxy) is 1. The van der Waals surface area contributed by atoms with Crippen molar-refractivity contribution in [3.8, 4) is 0 Å². The molecule has 0 aliphatic carbocycles. The molecule has 2 atom stereocenters. The Bertz CT molecular complexity index is 737. The van der Waals surface area contributed by atoms with Crippen molar-refractivity contribution >= 4 is 20.1 Å². The van der Waals surface area contributed by atoms with Crippen molar-refractivity contribution in [2.45, 2.75) is 52.1 Å². The largest absolute Gasteiger partial charge is 0.616 e. The van der Waals surface area contributed by atoms with Gasteiger partial charge in [-0.05, 0) is 55.1 Å². The maximum absolute atomic E-state index is 12.7. The number of carbonyl (C=O) groups excluding carboxylic acids is 2. The predicted molar refractivity (Wildman–Crippen MR) is 118 cm³/mol. The zero-order chi connectivity index (χ0) is 22.1. The molecular weight excluding hydrogens is 415 g/mol. The van der Waals surface area contributed by atoms with Crippen molar-refractivity contribution in [3.63, 3.8) is 0 Å². The third-order valence-electron chi connectivity index (χ3n) is 6.17. The fourth-order valence-corrected chi connectivity index (χ4v) is 5.28. The van der Waals surface area contributed by atoms with Crippen LogP contribution in [0, 0.1) is 11.8 Å². The van der Waals surface area contributed by atoms with Gasteiger partial charge < -0.3 is 9.64 Å². The smallest absolute Gasteiger partial charge is 0.466 e. The van der Waals surface area contributed by atoms with Crippen molar-refractivity contribution in [1.82, 2.24) is 9.57 Å². The summed E-state index contributed by atoms with van der Waals surface area (Å²) in [5.74, 6) is 0.223. The fourth-order valence-electron chi connectivity index (χ4n) is 4.30. The predicted octanol–water partition coefficient (Wildman–Crippen LogP) is 4.15. The van der Waals surface area contributed by atoms with Crippen LogP contribution in [0.1, 0.15) is 51.0 Å². The van der Waals surface area contributed by atoms with Crippen molar-refractivity contribution in [2.75, 3.05) is 32.8 Å². The Hall–Kier alpha value is -1.82. The molecular formula is C23H34N2O5P+. The number of hydrogen-bond donors (Lipinski definition) is 0. The second kappa shape index (κ2) is 12.3. The summed E-state index contributed by atoms with van der Waals surface area (Å²) in [7, 11) is -1.82. The summed E-state index contributed by atoms with van der Waals surface area (Å²) in [6.45, 7) is 5.22. The summed E-state index contributed by atoms with van der Waals surface area (Å²) in [4.78, 5) is 26.5. The normalized spacial score (nSPS) is 21.0. The van der Waals surface area contributed by atoms with Crippen LogP contribution in [0.25, 0.3) is 0 Å². The first kappa shape index (κ1) is 23.8. The maximum Gasteiger partial charge on any atom is 0.616 e. The first-order valence-corrected chi connectivity index (χ1v) is 12.5. The highest BCUT2D eigenvalue weighted by Crippen LogP contribution is 2.35. The zero-order valence-corrected chi connectivity index (χ0v) is 19.3. The monoisotopic (exact) mass is 449 g/mol. The number of carbonyl (C=O) groups is 2. The third-order valence-corrected chi connectivity index (χ3v) is 7.38. The van der Waals surface area contributed by atoms with Gasteiger partial charge in [-0.15, -0.1) is 4.52 Å². The Kier molecular flexibility index (Phi) is 9.44. The minimum atomic E-state index is -1.82. The molecule has 1 aromatic rings. The van der Waals surface area contributed by atoms with Crippen LogP contribution in [0.5, 0.6) is 0 Å². The van der Waals surface area contributed by atoms with E-state index in [2.05, 4.69) is 0 Å². The first-order valence-electron chi connectivity index (χ1n) is 11.4. The van der Waals surface area contributed by atoms with Crippen molar-refractivity contribution in [3.05, 3.63) is 35.9 Å². The molecule has 0 spiro atoms. The Labute approximate surface area is 186 Å². The van der Waals surface area contributed by atoms with Crippen LogP contribution in [-0.2, 0) is 30.0 Å². The number of benzene rings is 1. The van der Waals surface area contributed by atoms with Crippen LogP contribution in [0.15, 0.2) is 30.3 Å². The highest BCUT2D eigenvalue weighted by molar-refractivity contribution is 7.36. The molecule has 170 valence electrons. The molecule has 7 nitrogen and oxygen atoms in total. The van der Waals surface area contributed by atoms with Gasteiger partial charge in [-0.3, -0.25) is 9.59 Å². The molecule has 0 bridgehead atoms. The molecule has 3 rings (SSSR count). The zero-order valence-electron chi connectivity index (χ0n) is 18.4. The molecule has 2 fully saturated rings. The molecule has 31 heavy (non-hydrogen) atoms. The van der Waals surface area contributed by atoms with Gasteiger partial charge in [-0.25, -0.2) is 0 Å². The van der Waals surface area contributed by atoms with Gasteiger partial charge >= 0.3 is 14.1 Å². The minimum absolute atomic E-state index is 0.133. The molecule has 1 aromatic carbocycles. The van der Waals surface area contributed by atoms with E-state index < -0.39 is 8.18 Å². The molecule has 1 unspecified atom stereocenters. The molecule has 2 heterocycles. The number of likely N-dealkylation sites (tertiary alicyclic amines) is 1. The number of rotatable bonds is 9. The fraction of sp³-hybridized carbons (Fsp3) is 0.652. The summed E-state index contributed by atoms with van der Waals surface area (Å²) in [6, 6.07) is 9.76. The second-order valence-corrected chi connectivity index (χ2v) is 9.66. The van der Waals surface area contributed by atoms with Crippen molar-refractivity contribution in [1.29, 1.82) is 0 Å². The van der Waals surface area contributed by atoms with Crippen LogP contribution in [-0.4, -0.2) is 54.2 Å². The SMILES string of the molecule is CCOC(=O)[C@@H]1CCCN(C(=O)CCC2CCN([P+](=O)OCc3ccccc3)CC2)C1. The van der Waals surface area contributed by atoms with E-state index in [1.54, 1.807) is 6.92 Å². The van der Waals surface area contributed by atoms with Gasteiger partial charge in [-0.2, -0.15) is 0 Å². The Morgan fingerprint density at radius 3 is 2.55 bits per heavy atom. The minimum Gasteiger partial charge on any atom is -0.466 e. The van der Waals surface area contributed by atoms with E-state index in [1.165, 1.54) is 0 Å². The second-order valence-electron chi connectivity index (χ2n) is 8.36. The van der Waals surface area contributed by atoms with Gasteiger partial charge in [0.1, 0.15) is 6.61 Å². The molecule has 0 radical (unpaired) electrons. The van der Waals surface area contributed by atoms with E-state index in [-0.39, 0.29) is 17.8 Å². The topological polar surface area (TPSA) is 76.2 Å². The lowest BCUT2D eigenvalue weighted by atomic mass is 9.92. The lowest BCUT2D eigenvalue weighted by Crippen LogP contribution is -2.43. The molecule has 2 aliphatic heterocycles. The van der Waals surface area contributed by atoms with Gasteiger partial charge in [0.05, 0.1) is 12.5 Å². The summed E-state index contributed by atoms with van der Waals surface area (Å²) < 4.78 is 25.0. The van der Waals surface area contributed by atoms with E-state index in [4.69, 9.17) is 9.26 Å². The lowest BCUT2D eigenvalue weighted by molar-refractivity contribution is -0.151. The van der Waals surface area contributed by atoms with Gasteiger partial charge in [0, 0.05) is 32.6 Å². The van der Waals surface area contributed by atoms with Crippen molar-refractivity contribution in [2.24, 2.45) is 11.8 Å². The summed E-state index contributed by atoms with van der Waals surface area (Å²) in [6.07, 6.45) is 4.85. The van der Waals surface area contributed by atoms with E-state index in [0.717, 1.165) is 57.3 Å². The van der Waals surface area contributed by atoms with Crippen LogP contribution < -0.4 is 0 Å². The molecule has 0 aromatic heterocycles. The highest BCUT2D eigenvalue weighted by atomic mass is 31.1. The Balaban J connectivity index is 1.34. The maximum atomic E-state index is 12.7. The summed E-state index contributed by atoms with van der Waals surface area (Å²) >= 11 is 0. The summed E-state index contributed by atoms with van der Waals surface area (Å²) in [5, 5.41) is 0. The molecule has 1 amide bonds. The highest BCUT2D eigenvalue weighted by Gasteiger charge is 2.35. The molecule has 2 aliphatic rings. The Morgan fingerprint density at radius 1 is 1.10 bits per heavy atom. The van der Waals surface area contributed by atoms with Gasteiger partial charge in [0.15, 0.2) is 0 Å². The molecule has 0 N–H and O–H groups in total. The molecule has 8 heteroatoms. The van der Waals surface area contributed by atoms with Gasteiger partial charge in [0.2, 0.25) is 5.91 Å².